The van der Waals surface area contributed by atoms with Crippen molar-refractivity contribution in [3.8, 4) is 0 Å². The van der Waals surface area contributed by atoms with Crippen molar-refractivity contribution >= 4 is 68.1 Å². The molecule has 578 valence electrons. The monoisotopic (exact) mass is 1650 g/mol. The van der Waals surface area contributed by atoms with Gasteiger partial charge in [-0.05, 0) is 193 Å². The maximum Gasteiger partial charge on any atom is 0.408 e. The van der Waals surface area contributed by atoms with E-state index in [1.165, 1.54) is 0 Å². The Balaban J connectivity index is -0.000000212. The summed E-state index contributed by atoms with van der Waals surface area (Å²) in [5, 5.41) is 33.9. The molecule has 3 rings (SSSR count). The van der Waals surface area contributed by atoms with Gasteiger partial charge in [-0.1, -0.05) is 83.2 Å². The van der Waals surface area contributed by atoms with Gasteiger partial charge in [0.2, 0.25) is 5.91 Å². The Kier molecular flexibility index (Phi) is 51.6. The molecule has 3 fully saturated rings. The zero-order valence-corrected chi connectivity index (χ0v) is 68.6. The largest absolute Gasteiger partial charge is 0.480 e. The van der Waals surface area contributed by atoms with Crippen molar-refractivity contribution in [3.63, 3.8) is 0 Å². The van der Waals surface area contributed by atoms with Gasteiger partial charge in [-0.15, -0.1) is 0 Å². The Hall–Kier alpha value is -5.08. The minimum Gasteiger partial charge on any atom is -0.480 e. The summed E-state index contributed by atoms with van der Waals surface area (Å²) in [7, 11) is 3.75. The number of aliphatic carboxylic acids is 1. The normalized spacial score (nSPS) is 17.6. The molecule has 0 bridgehead atoms. The van der Waals surface area contributed by atoms with E-state index in [0.29, 0.717) is 101 Å². The Bertz CT molecular complexity index is 2370. The number of hydrogen-bond acceptors (Lipinski definition) is 20. The van der Waals surface area contributed by atoms with Crippen molar-refractivity contribution in [3.05, 3.63) is 12.2 Å². The van der Waals surface area contributed by atoms with Crippen LogP contribution < -0.4 is 26.6 Å². The first-order valence-corrected chi connectivity index (χ1v) is 32.7. The number of nitrogens with zero attached hydrogens (tertiary/aromatic N) is 1. The van der Waals surface area contributed by atoms with Gasteiger partial charge in [-0.2, -0.15) is 0 Å². The first kappa shape index (κ1) is 105. The average Bonchev–Trinajstić information content (AvgIpc) is 1.65. The number of morpholine rings is 1. The van der Waals surface area contributed by atoms with Gasteiger partial charge < -0.3 is 80.0 Å². The molecule has 3 saturated heterocycles. The Morgan fingerprint density at radius 3 is 0.909 bits per heavy atom. The molecule has 0 aromatic carbocycles. The first-order chi connectivity index (χ1) is 43.9. The van der Waals surface area contributed by atoms with Crippen molar-refractivity contribution in [2.45, 2.75) is 303 Å². The predicted octanol–water partition coefficient (Wildman–Crippen LogP) is 10.6. The molecule has 3 aliphatic heterocycles. The van der Waals surface area contributed by atoms with Gasteiger partial charge in [0.15, 0.2) is 17.3 Å². The molecule has 28 nitrogen and oxygen atoms in total. The molecule has 0 aliphatic carbocycles. The standard InChI is InChI=1S/C15H28N2O4.2C14H25NO4.C14H25NO3.C11H21NO4.CH4.BH.H2O2.H2O.U/c1-11(2)10-12(16-14(19)21-15(3,4)5)13(18)17-6-8-20-9-7-17;2*1-9(2)7-10(11(16)14(6)8-18-14)15-12(17)19-13(3,4)5;1-9(2)8-11(12(16)10(3)4)15-13(17)18-14(5,6)7;1-7(2)6-8(9(13)14)12-10(15)16-11(3,4)5;;;1-2;;/h11-12H,6-10H2,1-5H3,(H,16,19);2*9-10H,7-8H2,1-6H3,(H,15,17);9,11H,3,8H2,1-2,4-7H3,(H,15,17);7-8H,6H2,1-5H3,(H,12,15)(H,13,14);1H4;1H;1-2H;1H2;/t12-;10-,14+;10-,14-;11-;8-;;;;;/m10111...../s1/i;;;;;;1D;;;. The zero-order valence-electron chi connectivity index (χ0n) is 65.5. The second kappa shape index (κ2) is 48.7. The Morgan fingerprint density at radius 1 is 0.475 bits per heavy atom. The van der Waals surface area contributed by atoms with Crippen molar-refractivity contribution in [1.82, 2.24) is 31.5 Å². The molecule has 10 N–H and O–H groups in total. The van der Waals surface area contributed by atoms with Gasteiger partial charge in [-0.25, -0.2) is 28.8 Å². The van der Waals surface area contributed by atoms with Crippen LogP contribution in [0.1, 0.15) is 233 Å². The number of ether oxygens (including phenoxy) is 8. The molecule has 0 aromatic rings. The molecule has 6 amide bonds. The number of Topliss-reactive ketones (excluding diaryl/α,β-unsaturated/α-hetero) is 3. The Morgan fingerprint density at radius 2 is 0.687 bits per heavy atom. The summed E-state index contributed by atoms with van der Waals surface area (Å²) in [5.41, 5.74) is -3.93. The second-order valence-corrected chi connectivity index (χ2v) is 31.3. The van der Waals surface area contributed by atoms with E-state index < -0.39 is 106 Å². The minimum atomic E-state index is -1.04. The maximum absolute atomic E-state index is 12.5. The number of epoxide rings is 2. The molecular formula is C69H133BN6O22U. The zero-order chi connectivity index (χ0) is 77.2. The van der Waals surface area contributed by atoms with Gasteiger partial charge in [0.05, 0.1) is 44.6 Å². The summed E-state index contributed by atoms with van der Waals surface area (Å²) in [6.45, 7) is 58.4. The fraction of sp³-hybridized carbons (Fsp3) is 0.826. The summed E-state index contributed by atoms with van der Waals surface area (Å²) in [4.78, 5) is 120. The summed E-state index contributed by atoms with van der Waals surface area (Å²) < 4.78 is 46.6. The molecule has 2 radical (unpaired) electrons. The van der Waals surface area contributed by atoms with Gasteiger partial charge in [0.25, 0.3) is 0 Å². The molecule has 7 atom stereocenters. The first-order valence-electron chi connectivity index (χ1n) is 33.3. The number of ketones is 3. The molecule has 0 spiro atoms. The predicted molar refractivity (Wildman–Crippen MR) is 379 cm³/mol. The number of nitrogens with one attached hydrogen (secondary N) is 5. The average molecular weight is 1650 g/mol. The third-order valence-electron chi connectivity index (χ3n) is 12.5. The molecule has 0 unspecified atom stereocenters. The van der Waals surface area contributed by atoms with Gasteiger partial charge in [0.1, 0.15) is 51.3 Å². The van der Waals surface area contributed by atoms with Gasteiger partial charge >= 0.3 is 36.4 Å². The van der Waals surface area contributed by atoms with Crippen LogP contribution in [0.2, 0.25) is 0 Å². The molecule has 3 aliphatic rings. The van der Waals surface area contributed by atoms with Crippen molar-refractivity contribution in [2.24, 2.45) is 29.6 Å². The molecule has 3 heterocycles. The molecule has 0 aromatic heterocycles. The van der Waals surface area contributed by atoms with E-state index >= 15 is 0 Å². The van der Waals surface area contributed by atoms with Crippen LogP contribution in [0.25, 0.3) is 0 Å². The maximum atomic E-state index is 12.5. The van der Waals surface area contributed by atoms with E-state index in [4.69, 9.17) is 54.9 Å². The SMILES string of the molecule is C.C=C(C)C(=O)[C@@H](CC(C)C)NC(=O)OC(C)(C)C.CC(C)C[C@@H](NC(=O)OC(C)(C)C)C(=O)N1CCOCC1.CC(C)C[C@@H](NC(=O)OC(C)(C)C)C(=O)O.CC(C)C[C@@H](NC(=O)OC(C)(C)C)C(=O)[C@@]1(C)CO1.CC(C)C[C@H](NC(=O)OC(C)(C)C)C(=O)[C@@]1(C)CO1.O.OO.[2H][B].[U]. The van der Waals surface area contributed by atoms with Crippen LogP contribution in [0.3, 0.4) is 0 Å². The van der Waals surface area contributed by atoms with E-state index in [1.54, 1.807) is 130 Å². The number of carboxylic acids is 1. The van der Waals surface area contributed by atoms with E-state index in [-0.39, 0.29) is 73.2 Å². The number of amides is 6. The van der Waals surface area contributed by atoms with Crippen LogP contribution >= 0.6 is 0 Å². The van der Waals surface area contributed by atoms with Gasteiger partial charge in [0, 0.05) is 52.6 Å². The van der Waals surface area contributed by atoms with E-state index in [9.17, 15) is 47.9 Å². The van der Waals surface area contributed by atoms with Crippen molar-refractivity contribution in [1.29, 1.82) is 1.34 Å². The topological polar surface area (TPSA) is 407 Å². The summed E-state index contributed by atoms with van der Waals surface area (Å²) in [5.74, 6) is -0.0113. The van der Waals surface area contributed by atoms with Crippen LogP contribution in [0.4, 0.5) is 24.0 Å². The molecule has 99 heavy (non-hydrogen) atoms. The summed E-state index contributed by atoms with van der Waals surface area (Å²) >= 11 is 0. The third kappa shape index (κ3) is 55.2. The van der Waals surface area contributed by atoms with Crippen LogP contribution in [-0.4, -0.2) is 204 Å². The molecule has 0 saturated carbocycles. The van der Waals surface area contributed by atoms with Crippen LogP contribution in [0.15, 0.2) is 12.2 Å². The third-order valence-corrected chi connectivity index (χ3v) is 12.5. The Labute approximate surface area is 619 Å². The number of alkyl carbamates (subject to hydrolysis) is 5. The number of rotatable bonds is 23. The van der Waals surface area contributed by atoms with Crippen molar-refractivity contribution in [2.75, 3.05) is 39.5 Å². The number of carbonyl (C=O) groups excluding carboxylic acids is 9. The second-order valence-electron chi connectivity index (χ2n) is 31.3. The minimum absolute atomic E-state index is 0. The number of carboxylic acid groups (broad SMARTS) is 1. The summed E-state index contributed by atoms with van der Waals surface area (Å²) in [6.07, 6.45) is -0.215. The van der Waals surface area contributed by atoms with Crippen molar-refractivity contribution < 1.29 is 138 Å². The quantitative estimate of drug-likeness (QED) is 0.0118. The number of carbonyl (C=O) groups is 10. The number of hydrogen-bond donors (Lipinski definition) is 8. The fourth-order valence-corrected chi connectivity index (χ4v) is 8.28. The smallest absolute Gasteiger partial charge is 0.408 e. The van der Waals surface area contributed by atoms with Gasteiger partial charge in [-0.3, -0.25) is 29.7 Å². The van der Waals surface area contributed by atoms with E-state index in [0.717, 1.165) is 0 Å². The van der Waals surface area contributed by atoms with Crippen LogP contribution in [0, 0.1) is 60.7 Å². The van der Waals surface area contributed by atoms with E-state index in [1.807, 2.05) is 69.2 Å². The summed E-state index contributed by atoms with van der Waals surface area (Å²) in [6, 6.07) is -3.10. The molecular weight excluding hydrogens is 1510 g/mol. The molecule has 30 heteroatoms. The van der Waals surface area contributed by atoms with E-state index in [2.05, 4.69) is 41.5 Å². The van der Waals surface area contributed by atoms with Crippen LogP contribution in [0.5, 0.6) is 0 Å². The fourth-order valence-electron chi connectivity index (χ4n) is 8.28. The van der Waals surface area contributed by atoms with Crippen LogP contribution in [-0.2, 0) is 61.9 Å².